The summed E-state index contributed by atoms with van der Waals surface area (Å²) in [6.07, 6.45) is 2.44. The zero-order valence-electron chi connectivity index (χ0n) is 12.7. The molecule has 5 heteroatoms. The second kappa shape index (κ2) is 6.67. The van der Waals surface area contributed by atoms with Gasteiger partial charge in [-0.15, -0.1) is 0 Å². The van der Waals surface area contributed by atoms with E-state index in [0.717, 1.165) is 5.56 Å². The van der Waals surface area contributed by atoms with Crippen molar-refractivity contribution in [1.29, 1.82) is 0 Å². The molecule has 0 amide bonds. The Labute approximate surface area is 130 Å². The SMILES string of the molecule is COC(=O)C(C)(C)COc1cccc(Cl)c1CNC1CC1. The number of ether oxygens (including phenoxy) is 2. The van der Waals surface area contributed by atoms with Gasteiger partial charge in [0.25, 0.3) is 0 Å². The summed E-state index contributed by atoms with van der Waals surface area (Å²) in [5.74, 6) is 0.426. The average Bonchev–Trinajstić information content (AvgIpc) is 3.27. The molecule has 1 aromatic rings. The smallest absolute Gasteiger partial charge is 0.314 e. The molecule has 1 fully saturated rings. The summed E-state index contributed by atoms with van der Waals surface area (Å²) < 4.78 is 10.6. The Hall–Kier alpha value is -1.26. The third-order valence-electron chi connectivity index (χ3n) is 3.55. The van der Waals surface area contributed by atoms with Crippen LogP contribution in [0.5, 0.6) is 5.75 Å². The Morgan fingerprint density at radius 2 is 2.14 bits per heavy atom. The normalized spacial score (nSPS) is 14.9. The number of hydrogen-bond donors (Lipinski definition) is 1. The van der Waals surface area contributed by atoms with Gasteiger partial charge in [-0.25, -0.2) is 0 Å². The van der Waals surface area contributed by atoms with Gasteiger partial charge in [-0.1, -0.05) is 17.7 Å². The minimum absolute atomic E-state index is 0.246. The Balaban J connectivity index is 2.04. The Morgan fingerprint density at radius 3 is 2.76 bits per heavy atom. The van der Waals surface area contributed by atoms with Crippen LogP contribution in [0.15, 0.2) is 18.2 Å². The van der Waals surface area contributed by atoms with E-state index in [1.54, 1.807) is 13.8 Å². The van der Waals surface area contributed by atoms with Crippen LogP contribution in [0.4, 0.5) is 0 Å². The van der Waals surface area contributed by atoms with Gasteiger partial charge in [0.2, 0.25) is 0 Å². The molecule has 0 spiro atoms. The summed E-state index contributed by atoms with van der Waals surface area (Å²) in [6.45, 7) is 4.52. The second-order valence-corrected chi connectivity index (χ2v) is 6.44. The largest absolute Gasteiger partial charge is 0.492 e. The predicted molar refractivity (Wildman–Crippen MR) is 82.6 cm³/mol. The molecule has 1 aliphatic carbocycles. The fourth-order valence-corrected chi connectivity index (χ4v) is 2.21. The molecule has 0 unspecified atom stereocenters. The molecule has 4 nitrogen and oxygen atoms in total. The Morgan fingerprint density at radius 1 is 1.43 bits per heavy atom. The van der Waals surface area contributed by atoms with Crippen LogP contribution in [0.3, 0.4) is 0 Å². The Bertz CT molecular complexity index is 512. The number of nitrogens with one attached hydrogen (secondary N) is 1. The number of benzene rings is 1. The van der Waals surface area contributed by atoms with Crippen molar-refractivity contribution in [2.24, 2.45) is 5.41 Å². The van der Waals surface area contributed by atoms with Gasteiger partial charge < -0.3 is 14.8 Å². The highest BCUT2D eigenvalue weighted by Gasteiger charge is 2.30. The van der Waals surface area contributed by atoms with Crippen molar-refractivity contribution < 1.29 is 14.3 Å². The van der Waals surface area contributed by atoms with Gasteiger partial charge in [-0.3, -0.25) is 4.79 Å². The van der Waals surface area contributed by atoms with Crippen LogP contribution in [-0.4, -0.2) is 25.7 Å². The van der Waals surface area contributed by atoms with Gasteiger partial charge in [-0.2, -0.15) is 0 Å². The molecule has 116 valence electrons. The molecule has 1 N–H and O–H groups in total. The second-order valence-electron chi connectivity index (χ2n) is 6.04. The third kappa shape index (κ3) is 4.35. The number of hydrogen-bond acceptors (Lipinski definition) is 4. The summed E-state index contributed by atoms with van der Waals surface area (Å²) in [4.78, 5) is 11.7. The first kappa shape index (κ1) is 16.1. The highest BCUT2D eigenvalue weighted by atomic mass is 35.5. The quantitative estimate of drug-likeness (QED) is 0.786. The maximum Gasteiger partial charge on any atom is 0.314 e. The molecular weight excluding hydrogens is 290 g/mol. The number of rotatable bonds is 7. The van der Waals surface area contributed by atoms with E-state index in [1.165, 1.54) is 20.0 Å². The molecular formula is C16H22ClNO3. The van der Waals surface area contributed by atoms with Gasteiger partial charge in [-0.05, 0) is 38.8 Å². The molecule has 0 aliphatic heterocycles. The van der Waals surface area contributed by atoms with E-state index in [-0.39, 0.29) is 12.6 Å². The molecule has 1 aliphatic rings. The van der Waals surface area contributed by atoms with E-state index in [4.69, 9.17) is 21.1 Å². The fraction of sp³-hybridized carbons (Fsp3) is 0.562. The molecule has 0 bridgehead atoms. The molecule has 1 saturated carbocycles. The summed E-state index contributed by atoms with van der Waals surface area (Å²) in [7, 11) is 1.38. The zero-order chi connectivity index (χ0) is 15.5. The monoisotopic (exact) mass is 311 g/mol. The van der Waals surface area contributed by atoms with Gasteiger partial charge >= 0.3 is 5.97 Å². The van der Waals surface area contributed by atoms with E-state index in [2.05, 4.69) is 5.32 Å². The predicted octanol–water partition coefficient (Wildman–Crippen LogP) is 3.17. The maximum absolute atomic E-state index is 11.7. The lowest BCUT2D eigenvalue weighted by Gasteiger charge is -2.23. The highest BCUT2D eigenvalue weighted by molar-refractivity contribution is 6.31. The topological polar surface area (TPSA) is 47.6 Å². The Kier molecular flexibility index (Phi) is 5.12. The van der Waals surface area contributed by atoms with E-state index in [1.807, 2.05) is 18.2 Å². The van der Waals surface area contributed by atoms with E-state index < -0.39 is 5.41 Å². The lowest BCUT2D eigenvalue weighted by molar-refractivity contribution is -0.152. The number of halogens is 1. The van der Waals surface area contributed by atoms with Crippen molar-refractivity contribution in [3.8, 4) is 5.75 Å². The van der Waals surface area contributed by atoms with Crippen molar-refractivity contribution in [2.45, 2.75) is 39.3 Å². The standard InChI is InChI=1S/C16H22ClNO3/c1-16(2,15(19)20-3)10-21-14-6-4-5-13(17)12(14)9-18-11-7-8-11/h4-6,11,18H,7-10H2,1-3H3. The first-order valence-electron chi connectivity index (χ1n) is 7.16. The van der Waals surface area contributed by atoms with Crippen LogP contribution < -0.4 is 10.1 Å². The van der Waals surface area contributed by atoms with Gasteiger partial charge in [0.15, 0.2) is 0 Å². The number of carbonyl (C=O) groups is 1. The zero-order valence-corrected chi connectivity index (χ0v) is 13.5. The summed E-state index contributed by atoms with van der Waals surface area (Å²) in [5, 5.41) is 4.11. The summed E-state index contributed by atoms with van der Waals surface area (Å²) >= 11 is 6.26. The lowest BCUT2D eigenvalue weighted by Crippen LogP contribution is -2.32. The molecule has 0 saturated heterocycles. The van der Waals surface area contributed by atoms with Crippen molar-refractivity contribution in [2.75, 3.05) is 13.7 Å². The molecule has 0 heterocycles. The molecule has 0 aromatic heterocycles. The molecule has 2 rings (SSSR count). The van der Waals surface area contributed by atoms with Crippen LogP contribution in [-0.2, 0) is 16.1 Å². The molecule has 0 atom stereocenters. The highest BCUT2D eigenvalue weighted by Crippen LogP contribution is 2.29. The van der Waals surface area contributed by atoms with E-state index in [9.17, 15) is 4.79 Å². The average molecular weight is 312 g/mol. The van der Waals surface area contributed by atoms with Crippen molar-refractivity contribution in [1.82, 2.24) is 5.32 Å². The van der Waals surface area contributed by atoms with E-state index in [0.29, 0.717) is 23.4 Å². The van der Waals surface area contributed by atoms with Crippen LogP contribution in [0.1, 0.15) is 32.3 Å². The van der Waals surface area contributed by atoms with Gasteiger partial charge in [0, 0.05) is 23.2 Å². The van der Waals surface area contributed by atoms with Crippen molar-refractivity contribution in [3.05, 3.63) is 28.8 Å². The van der Waals surface area contributed by atoms with Crippen molar-refractivity contribution in [3.63, 3.8) is 0 Å². The third-order valence-corrected chi connectivity index (χ3v) is 3.90. The maximum atomic E-state index is 11.7. The summed E-state index contributed by atoms with van der Waals surface area (Å²) in [6, 6.07) is 6.18. The molecule has 0 radical (unpaired) electrons. The number of carbonyl (C=O) groups excluding carboxylic acids is 1. The van der Waals surface area contributed by atoms with Gasteiger partial charge in [0.1, 0.15) is 12.4 Å². The first-order chi connectivity index (χ1) is 9.94. The van der Waals surface area contributed by atoms with Crippen LogP contribution in [0.2, 0.25) is 5.02 Å². The summed E-state index contributed by atoms with van der Waals surface area (Å²) in [5.41, 5.74) is 0.241. The van der Waals surface area contributed by atoms with Crippen LogP contribution in [0.25, 0.3) is 0 Å². The minimum atomic E-state index is -0.696. The number of esters is 1. The molecule has 21 heavy (non-hydrogen) atoms. The number of methoxy groups -OCH3 is 1. The molecule has 1 aromatic carbocycles. The van der Waals surface area contributed by atoms with Crippen LogP contribution in [0, 0.1) is 5.41 Å². The first-order valence-corrected chi connectivity index (χ1v) is 7.54. The fourth-order valence-electron chi connectivity index (χ4n) is 1.97. The van der Waals surface area contributed by atoms with Crippen molar-refractivity contribution >= 4 is 17.6 Å². The lowest BCUT2D eigenvalue weighted by atomic mass is 9.95. The van der Waals surface area contributed by atoms with Crippen LogP contribution >= 0.6 is 11.6 Å². The minimum Gasteiger partial charge on any atom is -0.492 e. The van der Waals surface area contributed by atoms with Gasteiger partial charge in [0.05, 0.1) is 12.5 Å². The van der Waals surface area contributed by atoms with E-state index >= 15 is 0 Å².